The fraction of sp³-hybridized carbons (Fsp3) is 0.316. The van der Waals surface area contributed by atoms with Crippen LogP contribution in [0.3, 0.4) is 0 Å². The molecule has 1 saturated heterocycles. The van der Waals surface area contributed by atoms with Gasteiger partial charge in [0.1, 0.15) is 5.52 Å². The molecule has 22 heavy (non-hydrogen) atoms. The van der Waals surface area contributed by atoms with Crippen LogP contribution in [0.15, 0.2) is 46.9 Å². The smallest absolute Gasteiger partial charge is 0.227 e. The van der Waals surface area contributed by atoms with Crippen LogP contribution in [-0.4, -0.2) is 18.1 Å². The number of hydrogen-bond acceptors (Lipinski definition) is 3. The molecule has 3 nitrogen and oxygen atoms in total. The summed E-state index contributed by atoms with van der Waals surface area (Å²) in [5, 5.41) is 0. The van der Waals surface area contributed by atoms with Crippen molar-refractivity contribution in [2.45, 2.75) is 26.2 Å². The minimum absolute atomic E-state index is 0.700. The third-order valence-corrected chi connectivity index (χ3v) is 4.38. The molecule has 3 aromatic rings. The van der Waals surface area contributed by atoms with Crippen molar-refractivity contribution in [1.82, 2.24) is 4.98 Å². The van der Waals surface area contributed by atoms with Crippen LogP contribution in [0.25, 0.3) is 22.6 Å². The highest BCUT2D eigenvalue weighted by Gasteiger charge is 2.12. The summed E-state index contributed by atoms with van der Waals surface area (Å²) >= 11 is 0. The summed E-state index contributed by atoms with van der Waals surface area (Å²) in [5.41, 5.74) is 5.31. The lowest BCUT2D eigenvalue weighted by molar-refractivity contribution is 0.578. The highest BCUT2D eigenvalue weighted by atomic mass is 16.3. The molecule has 0 bridgehead atoms. The molecule has 0 amide bonds. The maximum atomic E-state index is 5.87. The Bertz CT molecular complexity index is 783. The monoisotopic (exact) mass is 292 g/mol. The number of nitrogens with zero attached hydrogens (tertiary/aromatic N) is 2. The second-order valence-corrected chi connectivity index (χ2v) is 6.08. The quantitative estimate of drug-likeness (QED) is 0.680. The Morgan fingerprint density at radius 1 is 0.955 bits per heavy atom. The molecule has 112 valence electrons. The van der Waals surface area contributed by atoms with Gasteiger partial charge in [-0.25, -0.2) is 4.98 Å². The SMILES string of the molecule is Cc1ccc2oc(-c3ccc(N4CCCCC4)cc3)nc2c1. The van der Waals surface area contributed by atoms with E-state index in [0.29, 0.717) is 5.89 Å². The van der Waals surface area contributed by atoms with Crippen molar-refractivity contribution in [2.24, 2.45) is 0 Å². The van der Waals surface area contributed by atoms with E-state index in [4.69, 9.17) is 4.42 Å². The van der Waals surface area contributed by atoms with Crippen molar-refractivity contribution in [3.05, 3.63) is 48.0 Å². The Morgan fingerprint density at radius 2 is 1.73 bits per heavy atom. The van der Waals surface area contributed by atoms with Crippen molar-refractivity contribution < 1.29 is 4.42 Å². The molecule has 0 radical (unpaired) electrons. The first-order valence-electron chi connectivity index (χ1n) is 8.02. The van der Waals surface area contributed by atoms with Gasteiger partial charge in [-0.1, -0.05) is 6.07 Å². The van der Waals surface area contributed by atoms with Gasteiger partial charge in [0.2, 0.25) is 5.89 Å². The molecule has 0 N–H and O–H groups in total. The number of rotatable bonds is 2. The molecule has 2 heterocycles. The third kappa shape index (κ3) is 2.47. The van der Waals surface area contributed by atoms with Gasteiger partial charge in [0.25, 0.3) is 0 Å². The number of oxazole rings is 1. The molecule has 1 aliphatic heterocycles. The average molecular weight is 292 g/mol. The Labute approximate surface area is 130 Å². The first kappa shape index (κ1) is 13.4. The van der Waals surface area contributed by atoms with E-state index in [1.165, 1.54) is 43.6 Å². The Hall–Kier alpha value is -2.29. The molecule has 0 saturated carbocycles. The predicted octanol–water partition coefficient (Wildman–Crippen LogP) is 4.79. The standard InChI is InChI=1S/C19H20N2O/c1-14-5-10-18-17(13-14)20-19(22-18)15-6-8-16(9-7-15)21-11-3-2-4-12-21/h5-10,13H,2-4,11-12H2,1H3. The van der Waals surface area contributed by atoms with E-state index < -0.39 is 0 Å². The van der Waals surface area contributed by atoms with Crippen LogP contribution in [0, 0.1) is 6.92 Å². The number of aromatic nitrogens is 1. The summed E-state index contributed by atoms with van der Waals surface area (Å²) < 4.78 is 5.87. The van der Waals surface area contributed by atoms with E-state index >= 15 is 0 Å². The number of benzene rings is 2. The van der Waals surface area contributed by atoms with E-state index in [1.807, 2.05) is 6.07 Å². The first-order chi connectivity index (χ1) is 10.8. The summed E-state index contributed by atoms with van der Waals surface area (Å²) in [4.78, 5) is 7.07. The number of piperidine rings is 1. The van der Waals surface area contributed by atoms with Gasteiger partial charge < -0.3 is 9.32 Å². The van der Waals surface area contributed by atoms with Gasteiger partial charge in [-0.2, -0.15) is 0 Å². The Morgan fingerprint density at radius 3 is 2.50 bits per heavy atom. The van der Waals surface area contributed by atoms with Crippen molar-refractivity contribution in [1.29, 1.82) is 0 Å². The number of aryl methyl sites for hydroxylation is 1. The maximum absolute atomic E-state index is 5.87. The second-order valence-electron chi connectivity index (χ2n) is 6.08. The largest absolute Gasteiger partial charge is 0.436 e. The van der Waals surface area contributed by atoms with Crippen LogP contribution in [0.5, 0.6) is 0 Å². The molecule has 0 atom stereocenters. The second kappa shape index (κ2) is 5.48. The van der Waals surface area contributed by atoms with Crippen molar-refractivity contribution in [3.8, 4) is 11.5 Å². The molecular formula is C19H20N2O. The molecular weight excluding hydrogens is 272 g/mol. The molecule has 0 unspecified atom stereocenters. The highest BCUT2D eigenvalue weighted by Crippen LogP contribution is 2.27. The lowest BCUT2D eigenvalue weighted by Gasteiger charge is -2.28. The summed E-state index contributed by atoms with van der Waals surface area (Å²) in [6.45, 7) is 4.41. The zero-order valence-corrected chi connectivity index (χ0v) is 12.9. The minimum Gasteiger partial charge on any atom is -0.436 e. The zero-order valence-electron chi connectivity index (χ0n) is 12.9. The maximum Gasteiger partial charge on any atom is 0.227 e. The predicted molar refractivity (Wildman–Crippen MR) is 90.2 cm³/mol. The fourth-order valence-corrected chi connectivity index (χ4v) is 3.13. The molecule has 2 aromatic carbocycles. The molecule has 1 aromatic heterocycles. The van der Waals surface area contributed by atoms with E-state index in [-0.39, 0.29) is 0 Å². The van der Waals surface area contributed by atoms with Gasteiger partial charge in [-0.05, 0) is 68.1 Å². The first-order valence-corrected chi connectivity index (χ1v) is 8.02. The zero-order chi connectivity index (χ0) is 14.9. The van der Waals surface area contributed by atoms with Crippen LogP contribution in [-0.2, 0) is 0 Å². The van der Waals surface area contributed by atoms with Crippen LogP contribution < -0.4 is 4.90 Å². The molecule has 1 fully saturated rings. The van der Waals surface area contributed by atoms with Gasteiger partial charge in [-0.3, -0.25) is 0 Å². The average Bonchev–Trinajstić information content (AvgIpc) is 2.99. The summed E-state index contributed by atoms with van der Waals surface area (Å²) in [5.74, 6) is 0.700. The minimum atomic E-state index is 0.700. The summed E-state index contributed by atoms with van der Waals surface area (Å²) in [6.07, 6.45) is 3.95. The van der Waals surface area contributed by atoms with Gasteiger partial charge >= 0.3 is 0 Å². The highest BCUT2D eigenvalue weighted by molar-refractivity contribution is 5.77. The lowest BCUT2D eigenvalue weighted by Crippen LogP contribution is -2.29. The van der Waals surface area contributed by atoms with Crippen LogP contribution in [0.2, 0.25) is 0 Å². The van der Waals surface area contributed by atoms with Gasteiger partial charge in [0.05, 0.1) is 0 Å². The van der Waals surface area contributed by atoms with Crippen molar-refractivity contribution in [3.63, 3.8) is 0 Å². The van der Waals surface area contributed by atoms with Crippen LogP contribution in [0.4, 0.5) is 5.69 Å². The van der Waals surface area contributed by atoms with Crippen molar-refractivity contribution >= 4 is 16.8 Å². The topological polar surface area (TPSA) is 29.3 Å². The van der Waals surface area contributed by atoms with E-state index in [2.05, 4.69) is 53.2 Å². The molecule has 0 spiro atoms. The van der Waals surface area contributed by atoms with Crippen LogP contribution in [0.1, 0.15) is 24.8 Å². The number of hydrogen-bond donors (Lipinski definition) is 0. The van der Waals surface area contributed by atoms with E-state index in [0.717, 1.165) is 16.7 Å². The summed E-state index contributed by atoms with van der Waals surface area (Å²) in [6, 6.07) is 14.7. The van der Waals surface area contributed by atoms with Crippen LogP contribution >= 0.6 is 0 Å². The van der Waals surface area contributed by atoms with Crippen molar-refractivity contribution in [2.75, 3.05) is 18.0 Å². The normalized spacial score (nSPS) is 15.4. The van der Waals surface area contributed by atoms with Gasteiger partial charge in [-0.15, -0.1) is 0 Å². The number of fused-ring (bicyclic) bond motifs is 1. The Balaban J connectivity index is 1.63. The number of anilines is 1. The van der Waals surface area contributed by atoms with Gasteiger partial charge in [0, 0.05) is 24.3 Å². The Kier molecular flexibility index (Phi) is 3.34. The third-order valence-electron chi connectivity index (χ3n) is 4.38. The molecule has 4 rings (SSSR count). The lowest BCUT2D eigenvalue weighted by atomic mass is 10.1. The van der Waals surface area contributed by atoms with Gasteiger partial charge in [0.15, 0.2) is 5.58 Å². The molecule has 3 heteroatoms. The molecule has 0 aliphatic carbocycles. The van der Waals surface area contributed by atoms with E-state index in [1.54, 1.807) is 0 Å². The van der Waals surface area contributed by atoms with E-state index in [9.17, 15) is 0 Å². The fourth-order valence-electron chi connectivity index (χ4n) is 3.13. The summed E-state index contributed by atoms with van der Waals surface area (Å²) in [7, 11) is 0. The molecule has 1 aliphatic rings.